The Labute approximate surface area is 187 Å². The first-order valence-corrected chi connectivity index (χ1v) is 10.1. The first-order chi connectivity index (χ1) is 15.7. The van der Waals surface area contributed by atoms with E-state index in [-0.39, 0.29) is 11.7 Å². The molecule has 4 rings (SSSR count). The van der Waals surface area contributed by atoms with E-state index in [0.717, 1.165) is 11.6 Å². The second-order valence-electron chi connectivity index (χ2n) is 7.53. The van der Waals surface area contributed by atoms with E-state index < -0.39 is 17.8 Å². The first kappa shape index (κ1) is 22.3. The molecule has 1 saturated heterocycles. The van der Waals surface area contributed by atoms with E-state index in [2.05, 4.69) is 25.6 Å². The lowest BCUT2D eigenvalue weighted by atomic mass is 10.1. The van der Waals surface area contributed by atoms with Crippen LogP contribution >= 0.6 is 0 Å². The number of aromatic nitrogens is 3. The summed E-state index contributed by atoms with van der Waals surface area (Å²) in [4.78, 5) is 25.8. The lowest BCUT2D eigenvalue weighted by molar-refractivity contribution is -0.139. The van der Waals surface area contributed by atoms with Gasteiger partial charge >= 0.3 is 6.18 Å². The van der Waals surface area contributed by atoms with Gasteiger partial charge in [-0.1, -0.05) is 18.2 Å². The summed E-state index contributed by atoms with van der Waals surface area (Å²) in [5.74, 6) is 0.314. The molecule has 2 N–H and O–H groups in total. The highest BCUT2D eigenvalue weighted by Gasteiger charge is 2.37. The normalized spacial score (nSPS) is 13.9. The zero-order valence-corrected chi connectivity index (χ0v) is 17.8. The Morgan fingerprint density at radius 2 is 1.82 bits per heavy atom. The molecule has 2 aromatic carbocycles. The molecule has 172 valence electrons. The summed E-state index contributed by atoms with van der Waals surface area (Å²) >= 11 is 0. The third-order valence-corrected chi connectivity index (χ3v) is 5.07. The summed E-state index contributed by atoms with van der Waals surface area (Å²) < 4.78 is 45.0. The van der Waals surface area contributed by atoms with Crippen LogP contribution in [-0.2, 0) is 11.0 Å². The van der Waals surface area contributed by atoms with Crippen molar-refractivity contribution in [1.82, 2.24) is 15.0 Å². The van der Waals surface area contributed by atoms with Crippen molar-refractivity contribution in [3.05, 3.63) is 59.9 Å². The highest BCUT2D eigenvalue weighted by molar-refractivity contribution is 5.90. The predicted molar refractivity (Wildman–Crippen MR) is 117 cm³/mol. The van der Waals surface area contributed by atoms with E-state index in [1.54, 1.807) is 17.0 Å². The number of ether oxygens (including phenoxy) is 1. The van der Waals surface area contributed by atoms with Crippen LogP contribution in [0.15, 0.2) is 48.8 Å². The molecule has 0 radical (unpaired) electrons. The Kier molecular flexibility index (Phi) is 6.03. The summed E-state index contributed by atoms with van der Waals surface area (Å²) in [6.07, 6.45) is -3.55. The molecule has 11 heteroatoms. The molecule has 33 heavy (non-hydrogen) atoms. The fraction of sp³-hybridized carbons (Fsp3) is 0.273. The van der Waals surface area contributed by atoms with E-state index >= 15 is 0 Å². The second-order valence-corrected chi connectivity index (χ2v) is 7.53. The van der Waals surface area contributed by atoms with Crippen LogP contribution < -0.4 is 20.3 Å². The number of amides is 1. The molecule has 0 bridgehead atoms. The van der Waals surface area contributed by atoms with Gasteiger partial charge in [0.2, 0.25) is 17.8 Å². The maximum absolute atomic E-state index is 13.2. The zero-order valence-electron chi connectivity index (χ0n) is 17.8. The van der Waals surface area contributed by atoms with Gasteiger partial charge in [-0.2, -0.15) is 18.2 Å². The smallest absolute Gasteiger partial charge is 0.419 e. The molecule has 1 aliphatic heterocycles. The molecular weight excluding hydrogens is 437 g/mol. The van der Waals surface area contributed by atoms with Gasteiger partial charge < -0.3 is 20.3 Å². The molecule has 8 nitrogen and oxygen atoms in total. The number of carbonyl (C=O) groups is 1. The quantitative estimate of drug-likeness (QED) is 0.573. The number of benzene rings is 2. The molecule has 3 aromatic rings. The molecule has 1 fully saturated rings. The largest absolute Gasteiger partial charge is 0.486 e. The topological polar surface area (TPSA) is 92.3 Å². The average Bonchev–Trinajstić information content (AvgIpc) is 2.73. The van der Waals surface area contributed by atoms with Crippen molar-refractivity contribution in [1.29, 1.82) is 0 Å². The third kappa shape index (κ3) is 5.13. The standard InChI is InChI=1S/C22H21F3N6O2/c1-13-17(28-14(2)32)7-5-8-18(13)29-20-26-12-27-21(30-20)31-10-15(11-31)33-19-9-4-3-6-16(19)22(23,24)25/h3-9,12,15H,10-11H2,1-2H3,(H,28,32)(H,26,27,29,30). The molecule has 0 unspecified atom stereocenters. The number of anilines is 4. The lowest BCUT2D eigenvalue weighted by Crippen LogP contribution is -2.54. The van der Waals surface area contributed by atoms with Crippen molar-refractivity contribution in [3.8, 4) is 5.75 Å². The van der Waals surface area contributed by atoms with E-state index in [0.29, 0.717) is 36.4 Å². The molecule has 0 saturated carbocycles. The van der Waals surface area contributed by atoms with Crippen LogP contribution in [0.3, 0.4) is 0 Å². The van der Waals surface area contributed by atoms with Crippen molar-refractivity contribution in [2.24, 2.45) is 0 Å². The summed E-state index contributed by atoms with van der Waals surface area (Å²) in [5.41, 5.74) is 1.40. The summed E-state index contributed by atoms with van der Waals surface area (Å²) in [7, 11) is 0. The number of carbonyl (C=O) groups excluding carboxylic acids is 1. The van der Waals surface area contributed by atoms with Crippen molar-refractivity contribution in [2.45, 2.75) is 26.1 Å². The van der Waals surface area contributed by atoms with E-state index in [1.165, 1.54) is 31.5 Å². The number of rotatable bonds is 6. The monoisotopic (exact) mass is 458 g/mol. The Morgan fingerprint density at radius 3 is 2.55 bits per heavy atom. The van der Waals surface area contributed by atoms with Gasteiger partial charge in [-0.05, 0) is 36.8 Å². The van der Waals surface area contributed by atoms with Gasteiger partial charge in [-0.3, -0.25) is 4.79 Å². The van der Waals surface area contributed by atoms with Crippen molar-refractivity contribution >= 4 is 29.2 Å². The van der Waals surface area contributed by atoms with Gasteiger partial charge in [0.1, 0.15) is 18.2 Å². The fourth-order valence-corrected chi connectivity index (χ4v) is 3.38. The maximum atomic E-state index is 13.2. The highest BCUT2D eigenvalue weighted by Crippen LogP contribution is 2.37. The van der Waals surface area contributed by atoms with Crippen LogP contribution in [0.25, 0.3) is 0 Å². The van der Waals surface area contributed by atoms with Gasteiger partial charge in [0.25, 0.3) is 0 Å². The zero-order chi connectivity index (χ0) is 23.6. The minimum absolute atomic E-state index is 0.176. The summed E-state index contributed by atoms with van der Waals surface area (Å²) in [5, 5.41) is 5.87. The van der Waals surface area contributed by atoms with Crippen molar-refractivity contribution in [3.63, 3.8) is 0 Å². The molecule has 1 aliphatic rings. The van der Waals surface area contributed by atoms with Crippen LogP contribution in [0.1, 0.15) is 18.1 Å². The van der Waals surface area contributed by atoms with Gasteiger partial charge in [0.05, 0.1) is 18.7 Å². The van der Waals surface area contributed by atoms with Crippen LogP contribution in [0.5, 0.6) is 5.75 Å². The minimum Gasteiger partial charge on any atom is -0.486 e. The number of alkyl halides is 3. The van der Waals surface area contributed by atoms with Crippen LogP contribution in [0, 0.1) is 6.92 Å². The second kappa shape index (κ2) is 8.93. The molecule has 1 aromatic heterocycles. The number of hydrogen-bond donors (Lipinski definition) is 2. The molecule has 0 aliphatic carbocycles. The number of hydrogen-bond acceptors (Lipinski definition) is 7. The number of para-hydroxylation sites is 1. The van der Waals surface area contributed by atoms with Crippen LogP contribution in [0.2, 0.25) is 0 Å². The molecule has 1 amide bonds. The minimum atomic E-state index is -4.48. The highest BCUT2D eigenvalue weighted by atomic mass is 19.4. The number of nitrogens with one attached hydrogen (secondary N) is 2. The Balaban J connectivity index is 1.41. The third-order valence-electron chi connectivity index (χ3n) is 5.07. The van der Waals surface area contributed by atoms with Crippen molar-refractivity contribution in [2.75, 3.05) is 28.6 Å². The summed E-state index contributed by atoms with van der Waals surface area (Å²) in [6.45, 7) is 3.97. The van der Waals surface area contributed by atoms with Crippen molar-refractivity contribution < 1.29 is 22.7 Å². The Hall–Kier alpha value is -3.89. The first-order valence-electron chi connectivity index (χ1n) is 10.1. The van der Waals surface area contributed by atoms with Gasteiger partial charge in [-0.25, -0.2) is 9.97 Å². The SMILES string of the molecule is CC(=O)Nc1cccc(Nc2ncnc(N3CC(Oc4ccccc4C(F)(F)F)C3)n2)c1C. The molecular formula is C22H21F3N6O2. The predicted octanol–water partition coefficient (Wildman–Crippen LogP) is 4.17. The van der Waals surface area contributed by atoms with E-state index in [9.17, 15) is 18.0 Å². The fourth-order valence-electron chi connectivity index (χ4n) is 3.38. The van der Waals surface area contributed by atoms with Gasteiger partial charge in [0, 0.05) is 18.3 Å². The van der Waals surface area contributed by atoms with Crippen LogP contribution in [-0.4, -0.2) is 40.1 Å². The number of halogens is 3. The Bertz CT molecular complexity index is 1160. The van der Waals surface area contributed by atoms with Gasteiger partial charge in [-0.15, -0.1) is 0 Å². The number of nitrogens with zero attached hydrogens (tertiary/aromatic N) is 4. The van der Waals surface area contributed by atoms with E-state index in [4.69, 9.17) is 4.74 Å². The van der Waals surface area contributed by atoms with E-state index in [1.807, 2.05) is 13.0 Å². The Morgan fingerprint density at radius 1 is 1.09 bits per heavy atom. The summed E-state index contributed by atoms with van der Waals surface area (Å²) in [6, 6.07) is 10.6. The average molecular weight is 458 g/mol. The molecule has 2 heterocycles. The van der Waals surface area contributed by atoms with Gasteiger partial charge in [0.15, 0.2) is 0 Å². The molecule has 0 spiro atoms. The molecule has 0 atom stereocenters. The maximum Gasteiger partial charge on any atom is 0.419 e. The van der Waals surface area contributed by atoms with Crippen LogP contribution in [0.4, 0.5) is 36.4 Å². The lowest BCUT2D eigenvalue weighted by Gasteiger charge is -2.39.